The van der Waals surface area contributed by atoms with Crippen LogP contribution in [0, 0.1) is 0 Å². The maximum absolute atomic E-state index is 12.9. The topological polar surface area (TPSA) is 58.6 Å². The standard InChI is InChI=1S/C22H26N2O3/c1-27-19-11-9-18(10-12-19)16-21(25)23-20(15-17-7-3-2-4-8-17)22(26)24-13-5-6-14-24/h2-4,7-12,20H,5-6,13-16H2,1H3,(H,23,25)/t20-/m0/s1. The average molecular weight is 366 g/mol. The van der Waals surface area contributed by atoms with Crippen molar-refractivity contribution in [1.82, 2.24) is 10.2 Å². The van der Waals surface area contributed by atoms with Crippen LogP contribution in [0.2, 0.25) is 0 Å². The number of ether oxygens (including phenoxy) is 1. The Labute approximate surface area is 160 Å². The maximum atomic E-state index is 12.9. The molecule has 0 aromatic heterocycles. The first-order chi connectivity index (χ1) is 13.2. The predicted molar refractivity (Wildman–Crippen MR) is 105 cm³/mol. The van der Waals surface area contributed by atoms with Crippen molar-refractivity contribution in [1.29, 1.82) is 0 Å². The van der Waals surface area contributed by atoms with Gasteiger partial charge in [0.25, 0.3) is 0 Å². The van der Waals surface area contributed by atoms with Crippen LogP contribution in [0.25, 0.3) is 0 Å². The third-order valence-corrected chi connectivity index (χ3v) is 4.86. The minimum absolute atomic E-state index is 0.0134. The van der Waals surface area contributed by atoms with Gasteiger partial charge < -0.3 is 15.0 Å². The molecule has 1 fully saturated rings. The molecular weight excluding hydrogens is 340 g/mol. The third kappa shape index (κ3) is 5.33. The summed E-state index contributed by atoms with van der Waals surface area (Å²) in [6.45, 7) is 1.55. The zero-order chi connectivity index (χ0) is 19.1. The largest absolute Gasteiger partial charge is 0.497 e. The molecule has 1 atom stereocenters. The number of benzene rings is 2. The first kappa shape index (κ1) is 19.0. The smallest absolute Gasteiger partial charge is 0.245 e. The maximum Gasteiger partial charge on any atom is 0.245 e. The summed E-state index contributed by atoms with van der Waals surface area (Å²) in [6, 6.07) is 16.7. The van der Waals surface area contributed by atoms with Gasteiger partial charge in [0.05, 0.1) is 13.5 Å². The zero-order valence-corrected chi connectivity index (χ0v) is 15.7. The van der Waals surface area contributed by atoms with E-state index in [0.29, 0.717) is 6.42 Å². The van der Waals surface area contributed by atoms with E-state index < -0.39 is 6.04 Å². The van der Waals surface area contributed by atoms with Crippen molar-refractivity contribution in [2.75, 3.05) is 20.2 Å². The summed E-state index contributed by atoms with van der Waals surface area (Å²) in [5.41, 5.74) is 1.93. The Morgan fingerprint density at radius 1 is 1.00 bits per heavy atom. The number of carbonyl (C=O) groups excluding carboxylic acids is 2. The van der Waals surface area contributed by atoms with Crippen LogP contribution in [0.5, 0.6) is 5.75 Å². The van der Waals surface area contributed by atoms with Crippen LogP contribution in [-0.4, -0.2) is 43.0 Å². The lowest BCUT2D eigenvalue weighted by molar-refractivity contribution is -0.135. The summed E-state index contributed by atoms with van der Waals surface area (Å²) in [4.78, 5) is 27.4. The third-order valence-electron chi connectivity index (χ3n) is 4.86. The molecule has 27 heavy (non-hydrogen) atoms. The number of amides is 2. The van der Waals surface area contributed by atoms with E-state index >= 15 is 0 Å². The van der Waals surface area contributed by atoms with Gasteiger partial charge in [-0.1, -0.05) is 42.5 Å². The zero-order valence-electron chi connectivity index (χ0n) is 15.7. The molecule has 2 amide bonds. The van der Waals surface area contributed by atoms with E-state index in [2.05, 4.69) is 5.32 Å². The van der Waals surface area contributed by atoms with E-state index in [1.165, 1.54) is 0 Å². The highest BCUT2D eigenvalue weighted by molar-refractivity contribution is 5.88. The van der Waals surface area contributed by atoms with E-state index in [9.17, 15) is 9.59 Å². The van der Waals surface area contributed by atoms with Crippen molar-refractivity contribution in [3.05, 3.63) is 65.7 Å². The Kier molecular flexibility index (Phi) is 6.47. The summed E-state index contributed by atoms with van der Waals surface area (Å²) in [5.74, 6) is 0.624. The van der Waals surface area contributed by atoms with Gasteiger partial charge in [-0.3, -0.25) is 9.59 Å². The van der Waals surface area contributed by atoms with Crippen molar-refractivity contribution in [3.8, 4) is 5.75 Å². The molecule has 0 unspecified atom stereocenters. The van der Waals surface area contributed by atoms with E-state index in [1.54, 1.807) is 7.11 Å². The van der Waals surface area contributed by atoms with Crippen LogP contribution in [0.4, 0.5) is 0 Å². The van der Waals surface area contributed by atoms with Gasteiger partial charge in [0.2, 0.25) is 11.8 Å². The number of hydrogen-bond acceptors (Lipinski definition) is 3. The summed E-state index contributed by atoms with van der Waals surface area (Å²) in [7, 11) is 1.61. The molecular formula is C22H26N2O3. The van der Waals surface area contributed by atoms with Gasteiger partial charge in [0, 0.05) is 19.5 Å². The fraction of sp³-hybridized carbons (Fsp3) is 0.364. The number of hydrogen-bond donors (Lipinski definition) is 1. The van der Waals surface area contributed by atoms with E-state index in [0.717, 1.165) is 42.8 Å². The summed E-state index contributed by atoms with van der Waals surface area (Å²) in [6.07, 6.45) is 2.81. The molecule has 0 spiro atoms. The van der Waals surface area contributed by atoms with Gasteiger partial charge in [-0.2, -0.15) is 0 Å². The molecule has 2 aromatic rings. The first-order valence-electron chi connectivity index (χ1n) is 9.40. The predicted octanol–water partition coefficient (Wildman–Crippen LogP) is 2.59. The lowest BCUT2D eigenvalue weighted by Gasteiger charge is -2.24. The fourth-order valence-electron chi connectivity index (χ4n) is 3.38. The molecule has 0 saturated carbocycles. The number of likely N-dealkylation sites (tertiary alicyclic amines) is 1. The Hall–Kier alpha value is -2.82. The highest BCUT2D eigenvalue weighted by Gasteiger charge is 2.27. The van der Waals surface area contributed by atoms with Crippen molar-refractivity contribution >= 4 is 11.8 Å². The molecule has 142 valence electrons. The van der Waals surface area contributed by atoms with Gasteiger partial charge in [0.15, 0.2) is 0 Å². The molecule has 2 aromatic carbocycles. The van der Waals surface area contributed by atoms with E-state index in [4.69, 9.17) is 4.74 Å². The second-order valence-electron chi connectivity index (χ2n) is 6.87. The van der Waals surface area contributed by atoms with Crippen LogP contribution >= 0.6 is 0 Å². The molecule has 1 aliphatic heterocycles. The minimum atomic E-state index is -0.531. The number of nitrogens with zero attached hydrogens (tertiary/aromatic N) is 1. The Balaban J connectivity index is 1.67. The molecule has 1 aliphatic rings. The normalized spacial score (nSPS) is 14.6. The van der Waals surface area contributed by atoms with Gasteiger partial charge in [-0.25, -0.2) is 0 Å². The van der Waals surface area contributed by atoms with Gasteiger partial charge in [-0.05, 0) is 36.1 Å². The van der Waals surface area contributed by atoms with Gasteiger partial charge in [-0.15, -0.1) is 0 Å². The van der Waals surface area contributed by atoms with Crippen LogP contribution < -0.4 is 10.1 Å². The second kappa shape index (κ2) is 9.21. The molecule has 0 bridgehead atoms. The lowest BCUT2D eigenvalue weighted by atomic mass is 10.0. The van der Waals surface area contributed by atoms with Gasteiger partial charge >= 0.3 is 0 Å². The molecule has 3 rings (SSSR count). The number of nitrogens with one attached hydrogen (secondary N) is 1. The van der Waals surface area contributed by atoms with Crippen LogP contribution in [0.1, 0.15) is 24.0 Å². The molecule has 5 heteroatoms. The minimum Gasteiger partial charge on any atom is -0.497 e. The average Bonchev–Trinajstić information content (AvgIpc) is 3.23. The lowest BCUT2D eigenvalue weighted by Crippen LogP contribution is -2.49. The Morgan fingerprint density at radius 2 is 1.67 bits per heavy atom. The van der Waals surface area contributed by atoms with E-state index in [-0.39, 0.29) is 18.2 Å². The SMILES string of the molecule is COc1ccc(CC(=O)N[C@@H](Cc2ccccc2)C(=O)N2CCCC2)cc1. The number of carbonyl (C=O) groups is 2. The molecule has 5 nitrogen and oxygen atoms in total. The molecule has 1 heterocycles. The monoisotopic (exact) mass is 366 g/mol. The second-order valence-corrected chi connectivity index (χ2v) is 6.87. The van der Waals surface area contributed by atoms with Gasteiger partial charge in [0.1, 0.15) is 11.8 Å². The number of rotatable bonds is 7. The molecule has 0 aliphatic carbocycles. The Bertz CT molecular complexity index is 753. The fourth-order valence-corrected chi connectivity index (χ4v) is 3.38. The molecule has 1 N–H and O–H groups in total. The molecule has 0 radical (unpaired) electrons. The summed E-state index contributed by atoms with van der Waals surface area (Å²) >= 11 is 0. The van der Waals surface area contributed by atoms with E-state index in [1.807, 2.05) is 59.5 Å². The number of methoxy groups -OCH3 is 1. The van der Waals surface area contributed by atoms with Crippen molar-refractivity contribution in [2.24, 2.45) is 0 Å². The van der Waals surface area contributed by atoms with Crippen molar-refractivity contribution < 1.29 is 14.3 Å². The summed E-state index contributed by atoms with van der Waals surface area (Å²) < 4.78 is 5.14. The Morgan fingerprint density at radius 3 is 2.30 bits per heavy atom. The first-order valence-corrected chi connectivity index (χ1v) is 9.40. The van der Waals surface area contributed by atoms with Crippen LogP contribution in [-0.2, 0) is 22.4 Å². The van der Waals surface area contributed by atoms with Crippen molar-refractivity contribution in [2.45, 2.75) is 31.7 Å². The van der Waals surface area contributed by atoms with Crippen molar-refractivity contribution in [3.63, 3.8) is 0 Å². The highest BCUT2D eigenvalue weighted by atomic mass is 16.5. The summed E-state index contributed by atoms with van der Waals surface area (Å²) in [5, 5.41) is 2.96. The molecule has 1 saturated heterocycles. The van der Waals surface area contributed by atoms with Crippen LogP contribution in [0.3, 0.4) is 0 Å². The highest BCUT2D eigenvalue weighted by Crippen LogP contribution is 2.14. The quantitative estimate of drug-likeness (QED) is 0.819. The van der Waals surface area contributed by atoms with Crippen LogP contribution in [0.15, 0.2) is 54.6 Å².